The van der Waals surface area contributed by atoms with Gasteiger partial charge in [-0.15, -0.1) is 22.7 Å². The maximum Gasteiger partial charge on any atom is 0.164 e. The number of fused-ring (bicyclic) bond motifs is 6. The van der Waals surface area contributed by atoms with Crippen LogP contribution in [0.3, 0.4) is 0 Å². The van der Waals surface area contributed by atoms with Crippen LogP contribution >= 0.6 is 22.7 Å². The second kappa shape index (κ2) is 15.2. The number of rotatable bonds is 7. The largest absolute Gasteiger partial charge is 0.208 e. The van der Waals surface area contributed by atoms with Gasteiger partial charge in [0.2, 0.25) is 0 Å². The number of hydrogen-bond acceptors (Lipinski definition) is 5. The Morgan fingerprint density at radius 1 is 0.210 bits per heavy atom. The van der Waals surface area contributed by atoms with Crippen LogP contribution < -0.4 is 0 Å². The highest BCUT2D eigenvalue weighted by molar-refractivity contribution is 7.26. The maximum absolute atomic E-state index is 5.18. The van der Waals surface area contributed by atoms with Gasteiger partial charge in [-0.2, -0.15) is 0 Å². The first-order valence-electron chi connectivity index (χ1n) is 20.7. The van der Waals surface area contributed by atoms with Crippen molar-refractivity contribution in [2.45, 2.75) is 0 Å². The molecule has 3 aromatic heterocycles. The molecule has 12 aromatic rings. The first kappa shape index (κ1) is 36.3. The Labute approximate surface area is 366 Å². The predicted molar refractivity (Wildman–Crippen MR) is 264 cm³/mol. The average Bonchev–Trinajstić information content (AvgIpc) is 3.92. The van der Waals surface area contributed by atoms with Gasteiger partial charge in [0.1, 0.15) is 0 Å². The molecule has 0 saturated carbocycles. The minimum Gasteiger partial charge on any atom is -0.208 e. The molecule has 3 heterocycles. The topological polar surface area (TPSA) is 38.7 Å². The van der Waals surface area contributed by atoms with Crippen LogP contribution in [0.15, 0.2) is 212 Å². The van der Waals surface area contributed by atoms with E-state index in [1.54, 1.807) is 0 Å². The summed E-state index contributed by atoms with van der Waals surface area (Å²) in [7, 11) is 0. The summed E-state index contributed by atoms with van der Waals surface area (Å²) in [4.78, 5) is 15.4. The molecule has 9 aromatic carbocycles. The van der Waals surface area contributed by atoms with Gasteiger partial charge < -0.3 is 0 Å². The summed E-state index contributed by atoms with van der Waals surface area (Å²) < 4.78 is 5.23. The van der Waals surface area contributed by atoms with Crippen molar-refractivity contribution in [3.63, 3.8) is 0 Å². The number of benzene rings is 9. The lowest BCUT2D eigenvalue weighted by molar-refractivity contribution is 1.07. The Morgan fingerprint density at radius 3 is 1.00 bits per heavy atom. The molecule has 0 N–H and O–H groups in total. The van der Waals surface area contributed by atoms with Gasteiger partial charge in [0.05, 0.1) is 0 Å². The summed E-state index contributed by atoms with van der Waals surface area (Å²) in [5.41, 5.74) is 11.9. The van der Waals surface area contributed by atoms with Crippen molar-refractivity contribution in [1.82, 2.24) is 15.0 Å². The van der Waals surface area contributed by atoms with E-state index in [4.69, 9.17) is 15.0 Å². The highest BCUT2D eigenvalue weighted by Crippen LogP contribution is 2.40. The van der Waals surface area contributed by atoms with Crippen LogP contribution in [0.2, 0.25) is 0 Å². The Kier molecular flexibility index (Phi) is 8.87. The quantitative estimate of drug-likeness (QED) is 0.161. The van der Waals surface area contributed by atoms with Crippen molar-refractivity contribution in [2.75, 3.05) is 0 Å². The van der Waals surface area contributed by atoms with E-state index in [0.29, 0.717) is 17.5 Å². The molecule has 0 unspecified atom stereocenters. The van der Waals surface area contributed by atoms with Gasteiger partial charge in [0.25, 0.3) is 0 Å². The first-order valence-corrected chi connectivity index (χ1v) is 22.4. The maximum atomic E-state index is 5.18. The summed E-state index contributed by atoms with van der Waals surface area (Å²) in [6.45, 7) is 0. The van der Waals surface area contributed by atoms with Gasteiger partial charge in [-0.1, -0.05) is 146 Å². The zero-order valence-electron chi connectivity index (χ0n) is 33.4. The molecule has 0 aliphatic heterocycles. The van der Waals surface area contributed by atoms with Crippen LogP contribution in [0.25, 0.3) is 119 Å². The lowest BCUT2D eigenvalue weighted by atomic mass is 9.92. The van der Waals surface area contributed by atoms with Gasteiger partial charge in [-0.25, -0.2) is 15.0 Å². The lowest BCUT2D eigenvalue weighted by Crippen LogP contribution is -2.00. The van der Waals surface area contributed by atoms with Gasteiger partial charge >= 0.3 is 0 Å². The summed E-state index contributed by atoms with van der Waals surface area (Å²) in [6, 6.07) is 76.0. The third-order valence-electron chi connectivity index (χ3n) is 11.7. The highest BCUT2D eigenvalue weighted by atomic mass is 32.1. The van der Waals surface area contributed by atoms with Gasteiger partial charge in [0.15, 0.2) is 17.5 Å². The molecular weight excluding hydrogens is 791 g/mol. The Balaban J connectivity index is 1.03. The summed E-state index contributed by atoms with van der Waals surface area (Å²) in [6.07, 6.45) is 0. The minimum absolute atomic E-state index is 0.623. The van der Waals surface area contributed by atoms with Gasteiger partial charge in [0, 0.05) is 57.0 Å². The normalized spacial score (nSPS) is 11.5. The van der Waals surface area contributed by atoms with Crippen molar-refractivity contribution in [3.05, 3.63) is 212 Å². The lowest BCUT2D eigenvalue weighted by Gasteiger charge is -2.14. The summed E-state index contributed by atoms with van der Waals surface area (Å²) in [5, 5.41) is 5.19. The monoisotopic (exact) mass is 825 g/mol. The van der Waals surface area contributed by atoms with Crippen LogP contribution in [0.1, 0.15) is 0 Å². The van der Waals surface area contributed by atoms with Crippen molar-refractivity contribution in [3.8, 4) is 78.7 Å². The molecule has 0 fully saturated rings. The Morgan fingerprint density at radius 2 is 0.532 bits per heavy atom. The van der Waals surface area contributed by atoms with Gasteiger partial charge in [-0.3, -0.25) is 0 Å². The van der Waals surface area contributed by atoms with E-state index in [9.17, 15) is 0 Å². The Bertz CT molecular complexity index is 3410. The fraction of sp³-hybridized carbons (Fsp3) is 0. The number of nitrogens with zero attached hydrogens (tertiary/aromatic N) is 3. The molecule has 0 spiro atoms. The first-order chi connectivity index (χ1) is 30.7. The van der Waals surface area contributed by atoms with Crippen molar-refractivity contribution < 1.29 is 0 Å². The average molecular weight is 826 g/mol. The molecule has 0 radical (unpaired) electrons. The standard InChI is InChI=1S/C57H35N3S2/c1-3-13-36(14-4-1)55-58-56(37-15-5-2-6-16-37)60-57(59-55)46-32-44(40-19-11-17-38(29-40)42-25-27-53-49(34-42)47-21-7-9-23-51(47)61-53)31-45(33-46)41-20-12-18-39(30-41)43-26-28-54-50(35-43)48-22-8-10-24-52(48)62-54/h1-35H. The van der Waals surface area contributed by atoms with Gasteiger partial charge in [-0.05, 0) is 111 Å². The fourth-order valence-corrected chi connectivity index (χ4v) is 10.8. The SMILES string of the molecule is c1ccc(-c2nc(-c3ccccc3)nc(-c3cc(-c4cccc(-c5ccc6sc7ccccc7c6c5)c4)cc(-c4cccc(-c5ccc6sc7ccccc7c6c5)c4)c3)n2)cc1. The van der Waals surface area contributed by atoms with E-state index >= 15 is 0 Å². The molecule has 290 valence electrons. The van der Waals surface area contributed by atoms with E-state index in [-0.39, 0.29) is 0 Å². The molecule has 3 nitrogen and oxygen atoms in total. The molecule has 0 saturated heterocycles. The highest BCUT2D eigenvalue weighted by Gasteiger charge is 2.16. The molecule has 62 heavy (non-hydrogen) atoms. The molecule has 0 bridgehead atoms. The molecule has 0 atom stereocenters. The second-order valence-electron chi connectivity index (χ2n) is 15.6. The fourth-order valence-electron chi connectivity index (χ4n) is 8.60. The Hall–Kier alpha value is -7.57. The van der Waals surface area contributed by atoms with E-state index in [2.05, 4.69) is 176 Å². The number of thiophene rings is 2. The van der Waals surface area contributed by atoms with Crippen molar-refractivity contribution in [2.24, 2.45) is 0 Å². The minimum atomic E-state index is 0.623. The van der Waals surface area contributed by atoms with E-state index < -0.39 is 0 Å². The predicted octanol–water partition coefficient (Wildman–Crippen LogP) is 16.3. The molecule has 0 aliphatic carbocycles. The van der Waals surface area contributed by atoms with Crippen LogP contribution in [-0.4, -0.2) is 15.0 Å². The van der Waals surface area contributed by atoms with E-state index in [0.717, 1.165) is 38.9 Å². The van der Waals surface area contributed by atoms with E-state index in [1.807, 2.05) is 59.1 Å². The second-order valence-corrected chi connectivity index (χ2v) is 17.8. The van der Waals surface area contributed by atoms with Crippen LogP contribution in [-0.2, 0) is 0 Å². The van der Waals surface area contributed by atoms with E-state index in [1.165, 1.54) is 62.6 Å². The van der Waals surface area contributed by atoms with Crippen molar-refractivity contribution in [1.29, 1.82) is 0 Å². The third kappa shape index (κ3) is 6.65. The van der Waals surface area contributed by atoms with Crippen LogP contribution in [0, 0.1) is 0 Å². The zero-order valence-corrected chi connectivity index (χ0v) is 35.0. The molecular formula is C57H35N3S2. The number of aromatic nitrogens is 3. The van der Waals surface area contributed by atoms with Crippen LogP contribution in [0.4, 0.5) is 0 Å². The third-order valence-corrected chi connectivity index (χ3v) is 14.0. The summed E-state index contributed by atoms with van der Waals surface area (Å²) in [5.74, 6) is 1.90. The smallest absolute Gasteiger partial charge is 0.164 e. The summed E-state index contributed by atoms with van der Waals surface area (Å²) >= 11 is 3.70. The van der Waals surface area contributed by atoms with Crippen molar-refractivity contribution >= 4 is 63.0 Å². The molecule has 0 aliphatic rings. The van der Waals surface area contributed by atoms with Crippen LogP contribution in [0.5, 0.6) is 0 Å². The molecule has 0 amide bonds. The molecule has 12 rings (SSSR count). The molecule has 5 heteroatoms. The number of hydrogen-bond donors (Lipinski definition) is 0. The zero-order chi connectivity index (χ0) is 41.0.